The summed E-state index contributed by atoms with van der Waals surface area (Å²) < 4.78 is 127. The minimum Gasteiger partial charge on any atom is -0.509 e. The maximum atomic E-state index is 11.6. The first-order chi connectivity index (χ1) is 66.4. The van der Waals surface area contributed by atoms with E-state index in [4.69, 9.17) is 160 Å². The van der Waals surface area contributed by atoms with Gasteiger partial charge in [0.15, 0.2) is 66.8 Å². The van der Waals surface area contributed by atoms with Gasteiger partial charge in [-0.3, -0.25) is 43.2 Å². The third-order valence-corrected chi connectivity index (χ3v) is 21.5. The van der Waals surface area contributed by atoms with E-state index in [-0.39, 0.29) is 187 Å². The molecule has 0 aromatic heterocycles. The molecule has 0 aromatic rings. The summed E-state index contributed by atoms with van der Waals surface area (Å²) in [5.41, 5.74) is 0. The smallest absolute Gasteiger partial charge is 0.331 e. The summed E-state index contributed by atoms with van der Waals surface area (Å²) in [6, 6.07) is 0. The van der Waals surface area contributed by atoms with E-state index in [1.807, 2.05) is 6.92 Å². The highest BCUT2D eigenvalue weighted by Crippen LogP contribution is 2.38. The van der Waals surface area contributed by atoms with Crippen LogP contribution in [0.25, 0.3) is 0 Å². The number of aliphatic hydroxyl groups excluding tert-OH is 7. The predicted octanol–water partition coefficient (Wildman–Crippen LogP) is -0.646. The molecule has 28 atom stereocenters. The summed E-state index contributed by atoms with van der Waals surface area (Å²) in [5, 5.41) is 106. The predicted molar refractivity (Wildman–Crippen MR) is 464 cm³/mol. The van der Waals surface area contributed by atoms with Crippen molar-refractivity contribution in [2.75, 3.05) is 92.5 Å². The molecule has 14 fully saturated rings. The second kappa shape index (κ2) is 58.3. The van der Waals surface area contributed by atoms with Gasteiger partial charge in [-0.15, -0.1) is 0 Å². The third kappa shape index (κ3) is 38.2. The van der Waals surface area contributed by atoms with Crippen LogP contribution in [0, 0.1) is 5.92 Å². The van der Waals surface area contributed by atoms with Gasteiger partial charge < -0.3 is 175 Å². The van der Waals surface area contributed by atoms with E-state index in [9.17, 15) is 92.0 Å². The fraction of sp³-hybridized carbons (Fsp3) is 0.600. The Bertz CT molecular complexity index is 4300. The van der Waals surface area contributed by atoms with Crippen molar-refractivity contribution in [1.82, 2.24) is 0 Å². The maximum Gasteiger partial charge on any atom is 0.331 e. The average Bonchev–Trinajstić information content (AvgIpc) is 1.63. The van der Waals surface area contributed by atoms with E-state index in [2.05, 4.69) is 26.3 Å². The number of ketones is 1. The number of carbonyl (C=O) groups excluding carboxylic acids is 11. The van der Waals surface area contributed by atoms with Crippen LogP contribution in [-0.2, 0) is 190 Å². The third-order valence-electron chi connectivity index (χ3n) is 21.5. The quantitative estimate of drug-likeness (QED) is 0.0125. The number of rotatable bonds is 34. The zero-order valence-corrected chi connectivity index (χ0v) is 75.2. The van der Waals surface area contributed by atoms with Gasteiger partial charge in [0.2, 0.25) is 0 Å². The minimum atomic E-state index is -1.27. The molecular formula is C90H118O52. The number of hydrogen-bond donors (Lipinski definition) is 12. The van der Waals surface area contributed by atoms with Crippen molar-refractivity contribution in [2.45, 2.75) is 245 Å². The van der Waals surface area contributed by atoms with Gasteiger partial charge in [0.05, 0.1) is 150 Å². The van der Waals surface area contributed by atoms with Gasteiger partial charge in [-0.25, -0.2) is 33.6 Å². The van der Waals surface area contributed by atoms with Crippen molar-refractivity contribution >= 4 is 95.3 Å². The molecule has 0 bridgehead atoms. The van der Waals surface area contributed by atoms with Crippen LogP contribution in [0.1, 0.15) is 80.1 Å². The molecule has 142 heavy (non-hydrogen) atoms. The van der Waals surface area contributed by atoms with Crippen LogP contribution in [0.2, 0.25) is 0 Å². The second-order valence-electron chi connectivity index (χ2n) is 32.3. The Kier molecular flexibility index (Phi) is 48.6. The molecule has 0 aliphatic carbocycles. The van der Waals surface area contributed by atoms with Gasteiger partial charge in [-0.2, -0.15) is 0 Å². The van der Waals surface area contributed by atoms with E-state index in [1.165, 1.54) is 6.92 Å². The van der Waals surface area contributed by atoms with Crippen molar-refractivity contribution < 1.29 is 252 Å². The summed E-state index contributed by atoms with van der Waals surface area (Å²) in [6.07, 6.45) is -4.07. The molecule has 14 aliphatic heterocycles. The number of carboxylic acid groups (broad SMARTS) is 5. The normalized spacial score (nSPS) is 31.7. The van der Waals surface area contributed by atoms with Crippen molar-refractivity contribution in [3.63, 3.8) is 0 Å². The molecule has 0 amide bonds. The molecule has 0 unspecified atom stereocenters. The maximum absolute atomic E-state index is 11.6. The molecular weight excluding hydrogens is 1910 g/mol. The van der Waals surface area contributed by atoms with Gasteiger partial charge in [-0.1, -0.05) is 48.1 Å². The van der Waals surface area contributed by atoms with Crippen molar-refractivity contribution in [3.05, 3.63) is 122 Å². The van der Waals surface area contributed by atoms with Crippen LogP contribution >= 0.6 is 0 Å². The SMILES string of the molecule is C.C.C=C(O)C=CC(=O)O[C@@H]1CO[C@H]2[C@@H]1OC[C@H]2O.C=C(O)C=CC(=O)O[C@@H]1CO[C@H]2[C@@H]1OC[C@H]2OC(=O)CCC(=O)O.C=C(O)C=CC(=O)O[C@H]1CO[C@H]2[C@@H]1OC[C@@H]2O.C=C(O)C=CC(=O)O[C@H]1CO[C@H]2[C@@H]1OC[C@@H]2OC(=O)CCC(=O)O.CC(=O)/C=C/C(=O)O[C@H]1CO[C@H]2[C@@H]1OC[C@@H]2OC(=O)/C=C/C(=O)O.C[C@H]1CO[C@H]2[C@@H]1OC[C@@H]2OC(=O)CCC(=O)O.O=C(O)CCC(=O)O[C@@H]1CO[C@H]2[C@@H]1OC[C@H]2O. The van der Waals surface area contributed by atoms with Crippen LogP contribution in [0.4, 0.5) is 0 Å². The molecule has 14 saturated heterocycles. The lowest BCUT2D eigenvalue weighted by atomic mass is 10.0. The molecule has 14 aliphatic rings. The Labute approximate surface area is 809 Å². The molecule has 0 radical (unpaired) electrons. The number of esters is 10. The van der Waals surface area contributed by atoms with E-state index >= 15 is 0 Å². The summed E-state index contributed by atoms with van der Waals surface area (Å²) in [7, 11) is 0. The number of ether oxygens (including phenoxy) is 24. The standard InChI is InChI=1S/2C15H18O9.C15H16O9.C11H16O6.2C11H14O6.C10H14O7.2CH4/c3*1-8(16)2-4-12(19)23-9-6-21-15-10(7-22-14(9)15)24-13(20)5-3-11(17)18;1-6-4-15-11-7(5-16-10(6)11)17-9(14)3-2-8(12)13;2*1-6(12)2-3-9(14)17-8-5-16-10-7(13)4-15-11(8)10;11-5-3-15-10-6(4-16-9(5)10)17-8(14)2-1-7(12)13;;/h2*2,4,9-10,14-16H,1,3,5-7H2,(H,17,18);2-5,9-10,14-15H,6-7H2,1H3,(H,17,18);6-7,10-11H,2-5H2,1H3,(H,12,13);2*2-3,7-8,10-13H,1,4-5H2;5-6,9-11H,1-4H2,(H,12,13);2*1H4/b;;4-2+,5-3+;;;;;;/t9-,10-,14+,15+;9-,10-,14-,15-;9-,10-,14+,15+;6-,7-,10+,11+;7-,8-,10+,11+;7-,8-,10-,11-;5-,6-,9-,10-;;/m0100011../s1. The Balaban J connectivity index is 0.000000254. The lowest BCUT2D eigenvalue weighted by molar-refractivity contribution is -0.156. The molecule has 790 valence electrons. The summed E-state index contributed by atoms with van der Waals surface area (Å²) >= 11 is 0. The number of carbonyl (C=O) groups is 16. The summed E-state index contributed by atoms with van der Waals surface area (Å²) in [4.78, 5) is 177. The Morgan fingerprint density at radius 1 is 0.232 bits per heavy atom. The zero-order chi connectivity index (χ0) is 103. The molecule has 12 N–H and O–H groups in total. The lowest BCUT2D eigenvalue weighted by Gasteiger charge is -2.16. The van der Waals surface area contributed by atoms with Crippen molar-refractivity contribution in [1.29, 1.82) is 0 Å². The Morgan fingerprint density at radius 2 is 0.401 bits per heavy atom. The average molecular weight is 2030 g/mol. The van der Waals surface area contributed by atoms with Crippen LogP contribution in [0.15, 0.2) is 122 Å². The number of aliphatic carboxylic acids is 5. The van der Waals surface area contributed by atoms with Crippen molar-refractivity contribution in [3.8, 4) is 0 Å². The van der Waals surface area contributed by atoms with E-state index in [1.54, 1.807) is 0 Å². The van der Waals surface area contributed by atoms with Gasteiger partial charge in [-0.05, 0) is 37.3 Å². The summed E-state index contributed by atoms with van der Waals surface area (Å²) in [5.74, 6) is -13.0. The van der Waals surface area contributed by atoms with Gasteiger partial charge in [0, 0.05) is 48.5 Å². The van der Waals surface area contributed by atoms with E-state index in [0.717, 1.165) is 66.8 Å². The fourth-order valence-electron chi connectivity index (χ4n) is 15.1. The first kappa shape index (κ1) is 118. The Hall–Kier alpha value is -12.4. The summed E-state index contributed by atoms with van der Waals surface area (Å²) in [6.45, 7) is 18.6. The minimum absolute atomic E-state index is 0. The highest BCUT2D eigenvalue weighted by Gasteiger charge is 2.56. The topological polar surface area (TPSA) is 737 Å². The molecule has 52 heteroatoms. The highest BCUT2D eigenvalue weighted by atomic mass is 16.7. The van der Waals surface area contributed by atoms with Crippen LogP contribution in [-0.4, -0.2) is 414 Å². The molecule has 14 rings (SSSR count). The number of hydrogen-bond acceptors (Lipinski definition) is 47. The molecule has 52 nitrogen and oxygen atoms in total. The molecule has 0 saturated carbocycles. The molecule has 0 aromatic carbocycles. The Morgan fingerprint density at radius 3 is 0.606 bits per heavy atom. The van der Waals surface area contributed by atoms with Crippen molar-refractivity contribution in [2.24, 2.45) is 5.92 Å². The van der Waals surface area contributed by atoms with Crippen LogP contribution < -0.4 is 0 Å². The monoisotopic (exact) mass is 2030 g/mol. The van der Waals surface area contributed by atoms with Gasteiger partial charge in [0.1, 0.15) is 121 Å². The van der Waals surface area contributed by atoms with E-state index < -0.39 is 242 Å². The van der Waals surface area contributed by atoms with Crippen LogP contribution in [0.5, 0.6) is 0 Å². The number of carboxylic acids is 5. The highest BCUT2D eigenvalue weighted by molar-refractivity contribution is 5.94. The first-order valence-electron chi connectivity index (χ1n) is 43.3. The molecule has 0 spiro atoms. The van der Waals surface area contributed by atoms with Gasteiger partial charge >= 0.3 is 89.5 Å². The van der Waals surface area contributed by atoms with E-state index in [0.29, 0.717) is 25.2 Å². The zero-order valence-electron chi connectivity index (χ0n) is 75.2. The number of aliphatic hydroxyl groups is 7. The first-order valence-corrected chi connectivity index (χ1v) is 43.3. The number of fused-ring (bicyclic) bond motifs is 7. The fourth-order valence-corrected chi connectivity index (χ4v) is 15.1. The largest absolute Gasteiger partial charge is 0.509 e. The lowest BCUT2D eigenvalue weighted by Crippen LogP contribution is -2.35. The number of allylic oxidation sites excluding steroid dienone is 5. The second-order valence-corrected chi connectivity index (χ2v) is 32.3. The van der Waals surface area contributed by atoms with Crippen LogP contribution in [0.3, 0.4) is 0 Å². The van der Waals surface area contributed by atoms with Gasteiger partial charge in [0.25, 0.3) is 0 Å². The molecule has 14 heterocycles.